The second-order valence-electron chi connectivity index (χ2n) is 4.41. The highest BCUT2D eigenvalue weighted by Crippen LogP contribution is 2.14. The van der Waals surface area contributed by atoms with Crippen molar-refractivity contribution in [2.45, 2.75) is 13.5 Å². The van der Waals surface area contributed by atoms with Crippen LogP contribution in [-0.2, 0) is 11.3 Å². The van der Waals surface area contributed by atoms with Crippen LogP contribution in [0.15, 0.2) is 36.5 Å². The number of nitrogens with two attached hydrogens (primary N) is 1. The quantitative estimate of drug-likeness (QED) is 0.855. The topological polar surface area (TPSA) is 74.3 Å². The first-order chi connectivity index (χ1) is 10.0. The Kier molecular flexibility index (Phi) is 4.37. The highest BCUT2D eigenvalue weighted by molar-refractivity contribution is 5.93. The van der Waals surface area contributed by atoms with Crippen LogP contribution in [0, 0.1) is 5.82 Å². The molecule has 5 nitrogen and oxygen atoms in total. The largest absolute Gasteiger partial charge is 0.461 e. The zero-order valence-electron chi connectivity index (χ0n) is 11.5. The standard InChI is InChI=1S/C15H15FN2O3/c1-2-21-15(20)13-4-3-7-18(13)9-11-8-10(14(17)19)5-6-12(11)16/h3-8H,2,9H2,1H3,(H2,17,19). The van der Waals surface area contributed by atoms with Crippen LogP contribution >= 0.6 is 0 Å². The van der Waals surface area contributed by atoms with Crippen molar-refractivity contribution >= 4 is 11.9 Å². The van der Waals surface area contributed by atoms with Crippen molar-refractivity contribution in [2.24, 2.45) is 5.73 Å². The van der Waals surface area contributed by atoms with Crippen molar-refractivity contribution in [2.75, 3.05) is 6.61 Å². The molecule has 110 valence electrons. The molecular weight excluding hydrogens is 275 g/mol. The van der Waals surface area contributed by atoms with E-state index in [1.165, 1.54) is 18.2 Å². The van der Waals surface area contributed by atoms with Crippen LogP contribution in [0.1, 0.15) is 33.3 Å². The molecule has 1 heterocycles. The third-order valence-corrected chi connectivity index (χ3v) is 2.99. The summed E-state index contributed by atoms with van der Waals surface area (Å²) >= 11 is 0. The lowest BCUT2D eigenvalue weighted by Crippen LogP contribution is -2.15. The van der Waals surface area contributed by atoms with Crippen LogP contribution < -0.4 is 5.73 Å². The number of amides is 1. The highest BCUT2D eigenvalue weighted by atomic mass is 19.1. The number of hydrogen-bond acceptors (Lipinski definition) is 3. The van der Waals surface area contributed by atoms with Crippen LogP contribution in [0.25, 0.3) is 0 Å². The Morgan fingerprint density at radius 3 is 2.76 bits per heavy atom. The SMILES string of the molecule is CCOC(=O)c1cccn1Cc1cc(C(N)=O)ccc1F. The van der Waals surface area contributed by atoms with Crippen molar-refractivity contribution in [1.29, 1.82) is 0 Å². The van der Waals surface area contributed by atoms with Gasteiger partial charge in [-0.1, -0.05) is 0 Å². The summed E-state index contributed by atoms with van der Waals surface area (Å²) in [6, 6.07) is 7.15. The van der Waals surface area contributed by atoms with E-state index in [1.807, 2.05) is 0 Å². The van der Waals surface area contributed by atoms with Crippen molar-refractivity contribution in [3.8, 4) is 0 Å². The summed E-state index contributed by atoms with van der Waals surface area (Å²) < 4.78 is 20.3. The average molecular weight is 290 g/mol. The molecule has 1 amide bonds. The van der Waals surface area contributed by atoms with Gasteiger partial charge in [0.2, 0.25) is 5.91 Å². The van der Waals surface area contributed by atoms with Gasteiger partial charge in [0, 0.05) is 17.3 Å². The Morgan fingerprint density at radius 2 is 2.10 bits per heavy atom. The minimum Gasteiger partial charge on any atom is -0.461 e. The molecule has 0 aliphatic heterocycles. The molecule has 1 aromatic heterocycles. The number of ether oxygens (including phenoxy) is 1. The summed E-state index contributed by atoms with van der Waals surface area (Å²) in [6.07, 6.45) is 1.64. The van der Waals surface area contributed by atoms with E-state index in [2.05, 4.69) is 0 Å². The van der Waals surface area contributed by atoms with Gasteiger partial charge in [0.05, 0.1) is 13.2 Å². The number of halogens is 1. The first-order valence-corrected chi connectivity index (χ1v) is 6.43. The van der Waals surface area contributed by atoms with Gasteiger partial charge in [0.15, 0.2) is 0 Å². The molecule has 0 spiro atoms. The molecule has 1 aromatic carbocycles. The van der Waals surface area contributed by atoms with Crippen LogP contribution in [-0.4, -0.2) is 23.1 Å². The van der Waals surface area contributed by atoms with Crippen molar-refractivity contribution in [1.82, 2.24) is 4.57 Å². The molecule has 2 rings (SSSR count). The van der Waals surface area contributed by atoms with E-state index < -0.39 is 17.7 Å². The lowest BCUT2D eigenvalue weighted by molar-refractivity contribution is 0.0514. The van der Waals surface area contributed by atoms with Gasteiger partial charge >= 0.3 is 5.97 Å². The molecule has 0 unspecified atom stereocenters. The maximum atomic E-state index is 13.8. The first kappa shape index (κ1) is 14.8. The predicted molar refractivity (Wildman–Crippen MR) is 74.4 cm³/mol. The van der Waals surface area contributed by atoms with Crippen molar-refractivity contribution in [3.63, 3.8) is 0 Å². The van der Waals surface area contributed by atoms with Gasteiger partial charge in [-0.05, 0) is 37.3 Å². The number of hydrogen-bond donors (Lipinski definition) is 1. The molecule has 0 atom stereocenters. The second-order valence-corrected chi connectivity index (χ2v) is 4.41. The summed E-state index contributed by atoms with van der Waals surface area (Å²) in [5.74, 6) is -1.58. The van der Waals surface area contributed by atoms with Gasteiger partial charge in [-0.3, -0.25) is 4.79 Å². The molecule has 2 aromatic rings. The number of rotatable bonds is 5. The Morgan fingerprint density at radius 1 is 1.33 bits per heavy atom. The Bertz CT molecular complexity index is 679. The molecule has 0 radical (unpaired) electrons. The lowest BCUT2D eigenvalue weighted by atomic mass is 10.1. The number of carbonyl (C=O) groups is 2. The second kappa shape index (κ2) is 6.21. The third-order valence-electron chi connectivity index (χ3n) is 2.99. The zero-order chi connectivity index (χ0) is 15.4. The summed E-state index contributed by atoms with van der Waals surface area (Å²) in [5.41, 5.74) is 5.99. The molecule has 0 aliphatic rings. The lowest BCUT2D eigenvalue weighted by Gasteiger charge is -2.10. The van der Waals surface area contributed by atoms with Crippen LogP contribution in [0.5, 0.6) is 0 Å². The molecule has 0 aliphatic carbocycles. The molecule has 6 heteroatoms. The molecule has 21 heavy (non-hydrogen) atoms. The van der Waals surface area contributed by atoms with Crippen molar-refractivity contribution in [3.05, 3.63) is 59.2 Å². The molecule has 2 N–H and O–H groups in total. The number of carbonyl (C=O) groups excluding carboxylic acids is 2. The highest BCUT2D eigenvalue weighted by Gasteiger charge is 2.14. The van der Waals surface area contributed by atoms with Gasteiger partial charge in [0.1, 0.15) is 11.5 Å². The summed E-state index contributed by atoms with van der Waals surface area (Å²) in [6.45, 7) is 2.07. The Hall–Kier alpha value is -2.63. The molecule has 0 bridgehead atoms. The number of nitrogens with zero attached hydrogens (tertiary/aromatic N) is 1. The molecule has 0 fully saturated rings. The van der Waals surface area contributed by atoms with E-state index in [-0.39, 0.29) is 24.3 Å². The van der Waals surface area contributed by atoms with E-state index in [1.54, 1.807) is 29.8 Å². The number of esters is 1. The number of benzene rings is 1. The minimum absolute atomic E-state index is 0.105. The van der Waals surface area contributed by atoms with Gasteiger partial charge < -0.3 is 15.0 Å². The van der Waals surface area contributed by atoms with Crippen LogP contribution in [0.4, 0.5) is 4.39 Å². The first-order valence-electron chi connectivity index (χ1n) is 6.43. The van der Waals surface area contributed by atoms with Gasteiger partial charge in [0.25, 0.3) is 0 Å². The van der Waals surface area contributed by atoms with E-state index in [0.717, 1.165) is 0 Å². The fourth-order valence-electron chi connectivity index (χ4n) is 1.98. The van der Waals surface area contributed by atoms with Crippen LogP contribution in [0.2, 0.25) is 0 Å². The Balaban J connectivity index is 2.31. The summed E-state index contributed by atoms with van der Waals surface area (Å²) in [5, 5.41) is 0. The smallest absolute Gasteiger partial charge is 0.354 e. The van der Waals surface area contributed by atoms with Crippen LogP contribution in [0.3, 0.4) is 0 Å². The third kappa shape index (κ3) is 3.28. The predicted octanol–water partition coefficient (Wildman–Crippen LogP) is 1.95. The minimum atomic E-state index is -0.630. The maximum Gasteiger partial charge on any atom is 0.354 e. The van der Waals surface area contributed by atoms with E-state index in [9.17, 15) is 14.0 Å². The van der Waals surface area contributed by atoms with Crippen molar-refractivity contribution < 1.29 is 18.7 Å². The van der Waals surface area contributed by atoms with E-state index in [0.29, 0.717) is 5.69 Å². The fraction of sp³-hybridized carbons (Fsp3) is 0.200. The fourth-order valence-corrected chi connectivity index (χ4v) is 1.98. The monoisotopic (exact) mass is 290 g/mol. The van der Waals surface area contributed by atoms with Gasteiger partial charge in [-0.2, -0.15) is 0 Å². The zero-order valence-corrected chi connectivity index (χ0v) is 11.5. The Labute approximate surface area is 121 Å². The molecular formula is C15H15FN2O3. The number of aromatic nitrogens is 1. The molecule has 0 saturated heterocycles. The van der Waals surface area contributed by atoms with E-state index >= 15 is 0 Å². The average Bonchev–Trinajstić information content (AvgIpc) is 2.89. The van der Waals surface area contributed by atoms with Gasteiger partial charge in [-0.25, -0.2) is 9.18 Å². The summed E-state index contributed by atoms with van der Waals surface area (Å²) in [4.78, 5) is 22.9. The number of primary amides is 1. The maximum absolute atomic E-state index is 13.8. The molecule has 0 saturated carbocycles. The van der Waals surface area contributed by atoms with Gasteiger partial charge in [-0.15, -0.1) is 0 Å². The van der Waals surface area contributed by atoms with E-state index in [4.69, 9.17) is 10.5 Å². The normalized spacial score (nSPS) is 10.4. The summed E-state index contributed by atoms with van der Waals surface area (Å²) in [7, 11) is 0.